The molecule has 0 saturated heterocycles. The summed E-state index contributed by atoms with van der Waals surface area (Å²) in [5, 5.41) is 8.69. The van der Waals surface area contributed by atoms with Gasteiger partial charge in [0.15, 0.2) is 0 Å². The Labute approximate surface area is 95.8 Å². The Kier molecular flexibility index (Phi) is 3.12. The zero-order valence-electron chi connectivity index (χ0n) is 9.28. The molecular weight excluding hydrogens is 200 g/mol. The molecule has 1 aliphatic rings. The molecule has 0 bridgehead atoms. The van der Waals surface area contributed by atoms with Crippen molar-refractivity contribution in [2.75, 3.05) is 6.61 Å². The van der Waals surface area contributed by atoms with Gasteiger partial charge < -0.3 is 10.5 Å². The summed E-state index contributed by atoms with van der Waals surface area (Å²) < 4.78 is 5.69. The van der Waals surface area contributed by atoms with Crippen LogP contribution in [-0.2, 0) is 6.54 Å². The van der Waals surface area contributed by atoms with E-state index in [9.17, 15) is 0 Å². The maximum atomic E-state index is 8.69. The molecule has 0 aromatic heterocycles. The molecule has 2 N–H and O–H groups in total. The Hall–Kier alpha value is -1.53. The van der Waals surface area contributed by atoms with Crippen LogP contribution < -0.4 is 10.5 Å². The summed E-state index contributed by atoms with van der Waals surface area (Å²) in [6.07, 6.45) is 2.83. The maximum Gasteiger partial charge on any atom is 0.119 e. The van der Waals surface area contributed by atoms with Gasteiger partial charge in [0.2, 0.25) is 0 Å². The lowest BCUT2D eigenvalue weighted by Gasteiger charge is -2.12. The molecule has 3 nitrogen and oxygen atoms in total. The number of hydrogen-bond donors (Lipinski definition) is 1. The SMILES string of the molecule is N#CCC1(COc2ccc(CN)cc2)CC1. The summed E-state index contributed by atoms with van der Waals surface area (Å²) in [6, 6.07) is 10.0. The summed E-state index contributed by atoms with van der Waals surface area (Å²) in [5.74, 6) is 0.862. The van der Waals surface area contributed by atoms with Gasteiger partial charge in [-0.25, -0.2) is 0 Å². The molecule has 0 spiro atoms. The van der Waals surface area contributed by atoms with Crippen LogP contribution in [0.2, 0.25) is 0 Å². The first kappa shape index (κ1) is 11.0. The highest BCUT2D eigenvalue weighted by Gasteiger charge is 2.43. The first-order valence-corrected chi connectivity index (χ1v) is 5.57. The average molecular weight is 216 g/mol. The van der Waals surface area contributed by atoms with Crippen LogP contribution in [0, 0.1) is 16.7 Å². The molecule has 1 aromatic rings. The van der Waals surface area contributed by atoms with Gasteiger partial charge in [-0.1, -0.05) is 12.1 Å². The lowest BCUT2D eigenvalue weighted by atomic mass is 10.1. The lowest BCUT2D eigenvalue weighted by molar-refractivity contribution is 0.237. The van der Waals surface area contributed by atoms with E-state index in [1.807, 2.05) is 24.3 Å². The molecular formula is C13H16N2O. The van der Waals surface area contributed by atoms with Gasteiger partial charge in [0, 0.05) is 18.4 Å². The predicted octanol–water partition coefficient (Wildman–Crippen LogP) is 2.22. The van der Waals surface area contributed by atoms with Crippen LogP contribution in [0.4, 0.5) is 0 Å². The number of hydrogen-bond acceptors (Lipinski definition) is 3. The third-order valence-electron chi connectivity index (χ3n) is 3.12. The van der Waals surface area contributed by atoms with Crippen molar-refractivity contribution in [1.82, 2.24) is 0 Å². The number of nitrogens with two attached hydrogens (primary N) is 1. The Morgan fingerprint density at radius 2 is 2.00 bits per heavy atom. The van der Waals surface area contributed by atoms with E-state index < -0.39 is 0 Å². The Morgan fingerprint density at radius 1 is 1.31 bits per heavy atom. The topological polar surface area (TPSA) is 59.0 Å². The van der Waals surface area contributed by atoms with E-state index in [4.69, 9.17) is 15.7 Å². The second-order valence-corrected chi connectivity index (χ2v) is 4.47. The fraction of sp³-hybridized carbons (Fsp3) is 0.462. The molecule has 0 atom stereocenters. The molecule has 0 radical (unpaired) electrons. The standard InChI is InChI=1S/C13H16N2O/c14-8-7-13(5-6-13)10-16-12-3-1-11(9-15)2-4-12/h1-4H,5-7,9-10,15H2. The largest absolute Gasteiger partial charge is 0.493 e. The predicted molar refractivity (Wildman–Crippen MR) is 61.7 cm³/mol. The molecule has 84 valence electrons. The fourth-order valence-corrected chi connectivity index (χ4v) is 1.67. The van der Waals surface area contributed by atoms with E-state index in [-0.39, 0.29) is 5.41 Å². The molecule has 2 rings (SSSR count). The highest BCUT2D eigenvalue weighted by atomic mass is 16.5. The Morgan fingerprint density at radius 3 is 2.50 bits per heavy atom. The lowest BCUT2D eigenvalue weighted by Crippen LogP contribution is -2.12. The van der Waals surface area contributed by atoms with Crippen LogP contribution >= 0.6 is 0 Å². The Balaban J connectivity index is 1.88. The summed E-state index contributed by atoms with van der Waals surface area (Å²) in [5.41, 5.74) is 6.76. The minimum Gasteiger partial charge on any atom is -0.493 e. The van der Waals surface area contributed by atoms with E-state index >= 15 is 0 Å². The molecule has 0 unspecified atom stereocenters. The van der Waals surface area contributed by atoms with E-state index in [0.717, 1.165) is 24.2 Å². The number of benzene rings is 1. The van der Waals surface area contributed by atoms with Gasteiger partial charge in [0.1, 0.15) is 5.75 Å². The van der Waals surface area contributed by atoms with Crippen molar-refractivity contribution in [1.29, 1.82) is 5.26 Å². The third-order valence-corrected chi connectivity index (χ3v) is 3.12. The second-order valence-electron chi connectivity index (χ2n) is 4.47. The van der Waals surface area contributed by atoms with Gasteiger partial charge in [0.25, 0.3) is 0 Å². The monoisotopic (exact) mass is 216 g/mol. The van der Waals surface area contributed by atoms with Gasteiger partial charge in [0.05, 0.1) is 12.7 Å². The summed E-state index contributed by atoms with van der Waals surface area (Å²) in [7, 11) is 0. The van der Waals surface area contributed by atoms with E-state index in [0.29, 0.717) is 19.6 Å². The molecule has 16 heavy (non-hydrogen) atoms. The maximum absolute atomic E-state index is 8.69. The number of nitriles is 1. The molecule has 0 heterocycles. The van der Waals surface area contributed by atoms with Crippen molar-refractivity contribution in [3.63, 3.8) is 0 Å². The van der Waals surface area contributed by atoms with Crippen molar-refractivity contribution in [2.24, 2.45) is 11.1 Å². The van der Waals surface area contributed by atoms with Gasteiger partial charge in [-0.3, -0.25) is 0 Å². The highest BCUT2D eigenvalue weighted by molar-refractivity contribution is 5.27. The smallest absolute Gasteiger partial charge is 0.119 e. The quantitative estimate of drug-likeness (QED) is 0.821. The van der Waals surface area contributed by atoms with Crippen molar-refractivity contribution >= 4 is 0 Å². The van der Waals surface area contributed by atoms with Gasteiger partial charge in [-0.05, 0) is 30.5 Å². The summed E-state index contributed by atoms with van der Waals surface area (Å²) in [4.78, 5) is 0. The van der Waals surface area contributed by atoms with Crippen LogP contribution in [0.25, 0.3) is 0 Å². The van der Waals surface area contributed by atoms with Crippen molar-refractivity contribution in [2.45, 2.75) is 25.8 Å². The normalized spacial score (nSPS) is 16.5. The van der Waals surface area contributed by atoms with Crippen LogP contribution in [-0.4, -0.2) is 6.61 Å². The highest BCUT2D eigenvalue weighted by Crippen LogP contribution is 2.48. The van der Waals surface area contributed by atoms with Gasteiger partial charge >= 0.3 is 0 Å². The number of ether oxygens (including phenoxy) is 1. The molecule has 0 amide bonds. The van der Waals surface area contributed by atoms with Crippen LogP contribution in [0.1, 0.15) is 24.8 Å². The van der Waals surface area contributed by atoms with Gasteiger partial charge in [-0.2, -0.15) is 5.26 Å². The first-order valence-electron chi connectivity index (χ1n) is 5.57. The molecule has 1 aromatic carbocycles. The van der Waals surface area contributed by atoms with Crippen molar-refractivity contribution in [3.8, 4) is 11.8 Å². The molecule has 1 aliphatic carbocycles. The molecule has 0 aliphatic heterocycles. The van der Waals surface area contributed by atoms with E-state index in [2.05, 4.69) is 6.07 Å². The van der Waals surface area contributed by atoms with Crippen molar-refractivity contribution in [3.05, 3.63) is 29.8 Å². The minimum atomic E-state index is 0.140. The zero-order chi connectivity index (χ0) is 11.4. The van der Waals surface area contributed by atoms with Crippen LogP contribution in [0.15, 0.2) is 24.3 Å². The van der Waals surface area contributed by atoms with Gasteiger partial charge in [-0.15, -0.1) is 0 Å². The number of rotatable bonds is 5. The average Bonchev–Trinajstić information content (AvgIpc) is 3.08. The summed E-state index contributed by atoms with van der Waals surface area (Å²) >= 11 is 0. The number of nitrogens with zero attached hydrogens (tertiary/aromatic N) is 1. The molecule has 1 fully saturated rings. The third kappa shape index (κ3) is 2.53. The second kappa shape index (κ2) is 4.54. The molecule has 3 heteroatoms. The van der Waals surface area contributed by atoms with Crippen LogP contribution in [0.5, 0.6) is 5.75 Å². The fourth-order valence-electron chi connectivity index (χ4n) is 1.67. The van der Waals surface area contributed by atoms with Crippen molar-refractivity contribution < 1.29 is 4.74 Å². The van der Waals surface area contributed by atoms with E-state index in [1.165, 1.54) is 0 Å². The Bertz CT molecular complexity index is 387. The molecule has 1 saturated carbocycles. The van der Waals surface area contributed by atoms with E-state index in [1.54, 1.807) is 0 Å². The minimum absolute atomic E-state index is 0.140. The van der Waals surface area contributed by atoms with Crippen LogP contribution in [0.3, 0.4) is 0 Å². The first-order chi connectivity index (χ1) is 7.78. The summed E-state index contributed by atoms with van der Waals surface area (Å²) in [6.45, 7) is 1.21. The zero-order valence-corrected chi connectivity index (χ0v) is 9.28.